The number of benzene rings is 1. The first-order valence-electron chi connectivity index (χ1n) is 6.44. The van der Waals surface area contributed by atoms with Crippen LogP contribution in [0.4, 0.5) is 0 Å². The molecule has 1 unspecified atom stereocenters. The van der Waals surface area contributed by atoms with Crippen molar-refractivity contribution in [2.75, 3.05) is 19.7 Å². The van der Waals surface area contributed by atoms with Crippen LogP contribution < -0.4 is 0 Å². The molecule has 0 aromatic heterocycles. The van der Waals surface area contributed by atoms with Gasteiger partial charge in [-0.2, -0.15) is 0 Å². The Bertz CT molecular complexity index is 499. The number of rotatable bonds is 3. The van der Waals surface area contributed by atoms with E-state index in [2.05, 4.69) is 0 Å². The van der Waals surface area contributed by atoms with Gasteiger partial charge in [0.2, 0.25) is 5.91 Å². The Balaban J connectivity index is 2.07. The summed E-state index contributed by atoms with van der Waals surface area (Å²) >= 11 is 5.92. The molecule has 1 heterocycles. The maximum absolute atomic E-state index is 12.2. The lowest BCUT2D eigenvalue weighted by Crippen LogP contribution is -2.29. The van der Waals surface area contributed by atoms with Gasteiger partial charge in [0.1, 0.15) is 0 Å². The van der Waals surface area contributed by atoms with Gasteiger partial charge in [-0.3, -0.25) is 4.79 Å². The van der Waals surface area contributed by atoms with Crippen LogP contribution in [0.3, 0.4) is 0 Å². The highest BCUT2D eigenvalue weighted by molar-refractivity contribution is 6.30. The highest BCUT2D eigenvalue weighted by atomic mass is 35.5. The number of hydrogen-bond donors (Lipinski definition) is 1. The minimum Gasteiger partial charge on any atom is -0.396 e. The number of aliphatic hydroxyl groups is 1. The summed E-state index contributed by atoms with van der Waals surface area (Å²) in [6, 6.07) is 7.42. The molecule has 4 heteroatoms. The van der Waals surface area contributed by atoms with Crippen molar-refractivity contribution in [2.24, 2.45) is 5.92 Å². The second-order valence-electron chi connectivity index (χ2n) is 4.97. The largest absolute Gasteiger partial charge is 0.396 e. The molecule has 2 rings (SSSR count). The molecule has 1 aromatic carbocycles. The molecule has 0 bridgehead atoms. The Morgan fingerprint density at radius 2 is 2.37 bits per heavy atom. The Morgan fingerprint density at radius 3 is 3.00 bits per heavy atom. The van der Waals surface area contributed by atoms with Crippen molar-refractivity contribution in [3.63, 3.8) is 0 Å². The second-order valence-corrected chi connectivity index (χ2v) is 5.41. The summed E-state index contributed by atoms with van der Waals surface area (Å²) in [4.78, 5) is 14.0. The topological polar surface area (TPSA) is 40.5 Å². The fourth-order valence-corrected chi connectivity index (χ4v) is 2.52. The van der Waals surface area contributed by atoms with Gasteiger partial charge >= 0.3 is 0 Å². The Kier molecular flexibility index (Phi) is 4.61. The number of hydrogen-bond acceptors (Lipinski definition) is 2. The first kappa shape index (κ1) is 14.1. The Morgan fingerprint density at radius 1 is 1.58 bits per heavy atom. The highest BCUT2D eigenvalue weighted by Crippen LogP contribution is 2.19. The molecule has 0 aliphatic carbocycles. The van der Waals surface area contributed by atoms with Crippen molar-refractivity contribution >= 4 is 23.6 Å². The standard InChI is InChI=1S/C15H18ClNO2/c1-11(7-12-3-2-4-14(16)8-12)15(19)17-6-5-13(9-17)10-18/h2-4,7-8,13,18H,5-6,9-10H2,1H3/b11-7-. The molecule has 0 spiro atoms. The smallest absolute Gasteiger partial charge is 0.249 e. The van der Waals surface area contributed by atoms with E-state index < -0.39 is 0 Å². The number of carbonyl (C=O) groups is 1. The average Bonchev–Trinajstić information content (AvgIpc) is 2.86. The third-order valence-corrected chi connectivity index (χ3v) is 3.64. The molecular formula is C15H18ClNO2. The number of aliphatic hydroxyl groups excluding tert-OH is 1. The van der Waals surface area contributed by atoms with Crippen LogP contribution >= 0.6 is 11.6 Å². The van der Waals surface area contributed by atoms with Gasteiger partial charge in [0.05, 0.1) is 0 Å². The maximum atomic E-state index is 12.2. The summed E-state index contributed by atoms with van der Waals surface area (Å²) in [6.45, 7) is 3.34. The van der Waals surface area contributed by atoms with Crippen molar-refractivity contribution in [2.45, 2.75) is 13.3 Å². The zero-order valence-electron chi connectivity index (χ0n) is 11.0. The van der Waals surface area contributed by atoms with Crippen LogP contribution in [0.15, 0.2) is 29.8 Å². The van der Waals surface area contributed by atoms with Crippen LogP contribution in [0, 0.1) is 5.92 Å². The van der Waals surface area contributed by atoms with E-state index in [1.165, 1.54) is 0 Å². The summed E-state index contributed by atoms with van der Waals surface area (Å²) in [5.41, 5.74) is 1.62. The summed E-state index contributed by atoms with van der Waals surface area (Å²) < 4.78 is 0. The first-order valence-corrected chi connectivity index (χ1v) is 6.82. The van der Waals surface area contributed by atoms with E-state index in [1.54, 1.807) is 4.90 Å². The zero-order valence-corrected chi connectivity index (χ0v) is 11.7. The van der Waals surface area contributed by atoms with Crippen LogP contribution in [0.25, 0.3) is 6.08 Å². The molecule has 1 aliphatic heterocycles. The average molecular weight is 280 g/mol. The monoisotopic (exact) mass is 279 g/mol. The van der Waals surface area contributed by atoms with Crippen molar-refractivity contribution in [1.29, 1.82) is 0 Å². The number of likely N-dealkylation sites (tertiary alicyclic amines) is 1. The van der Waals surface area contributed by atoms with E-state index in [1.807, 2.05) is 37.3 Å². The van der Waals surface area contributed by atoms with Crippen LogP contribution in [-0.2, 0) is 4.79 Å². The van der Waals surface area contributed by atoms with Gasteiger partial charge in [-0.25, -0.2) is 0 Å². The van der Waals surface area contributed by atoms with Gasteiger partial charge in [0.15, 0.2) is 0 Å². The third-order valence-electron chi connectivity index (χ3n) is 3.40. The van der Waals surface area contributed by atoms with Gasteiger partial charge in [0.25, 0.3) is 0 Å². The number of carbonyl (C=O) groups excluding carboxylic acids is 1. The van der Waals surface area contributed by atoms with Crippen LogP contribution in [0.2, 0.25) is 5.02 Å². The van der Waals surface area contributed by atoms with E-state index >= 15 is 0 Å². The summed E-state index contributed by atoms with van der Waals surface area (Å²) in [7, 11) is 0. The zero-order chi connectivity index (χ0) is 13.8. The number of amides is 1. The minimum absolute atomic E-state index is 0.0379. The predicted octanol–water partition coefficient (Wildman–Crippen LogP) is 2.58. The third kappa shape index (κ3) is 3.58. The quantitative estimate of drug-likeness (QED) is 0.864. The molecule has 3 nitrogen and oxygen atoms in total. The van der Waals surface area contributed by atoms with Crippen molar-refractivity contribution in [1.82, 2.24) is 4.90 Å². The number of nitrogens with zero attached hydrogens (tertiary/aromatic N) is 1. The molecule has 0 saturated carbocycles. The van der Waals surface area contributed by atoms with Gasteiger partial charge < -0.3 is 10.0 Å². The molecule has 1 atom stereocenters. The molecule has 1 N–H and O–H groups in total. The molecular weight excluding hydrogens is 262 g/mol. The molecule has 1 aromatic rings. The molecule has 19 heavy (non-hydrogen) atoms. The van der Waals surface area contributed by atoms with E-state index in [9.17, 15) is 4.79 Å². The van der Waals surface area contributed by atoms with E-state index in [-0.39, 0.29) is 18.4 Å². The Hall–Kier alpha value is -1.32. The van der Waals surface area contributed by atoms with Crippen LogP contribution in [0.1, 0.15) is 18.9 Å². The first-order chi connectivity index (χ1) is 9.10. The maximum Gasteiger partial charge on any atom is 0.249 e. The fourth-order valence-electron chi connectivity index (χ4n) is 2.32. The number of halogens is 1. The molecule has 1 saturated heterocycles. The van der Waals surface area contributed by atoms with Gasteiger partial charge in [-0.1, -0.05) is 23.7 Å². The summed E-state index contributed by atoms with van der Waals surface area (Å²) in [6.07, 6.45) is 2.73. The molecule has 1 amide bonds. The molecule has 102 valence electrons. The van der Waals surface area contributed by atoms with Gasteiger partial charge in [-0.05, 0) is 37.1 Å². The molecule has 0 radical (unpaired) electrons. The molecule has 1 fully saturated rings. The van der Waals surface area contributed by atoms with E-state index in [4.69, 9.17) is 16.7 Å². The lowest BCUT2D eigenvalue weighted by Gasteiger charge is -2.16. The van der Waals surface area contributed by atoms with Crippen molar-refractivity contribution in [3.8, 4) is 0 Å². The predicted molar refractivity (Wildman–Crippen MR) is 76.9 cm³/mol. The molecule has 1 aliphatic rings. The fraction of sp³-hybridized carbons (Fsp3) is 0.400. The van der Waals surface area contributed by atoms with E-state index in [0.717, 1.165) is 18.5 Å². The normalized spacial score (nSPS) is 19.8. The van der Waals surface area contributed by atoms with E-state index in [0.29, 0.717) is 17.1 Å². The second kappa shape index (κ2) is 6.22. The van der Waals surface area contributed by atoms with Gasteiger partial charge in [0, 0.05) is 36.2 Å². The summed E-state index contributed by atoms with van der Waals surface area (Å²) in [5.74, 6) is 0.263. The lowest BCUT2D eigenvalue weighted by atomic mass is 10.1. The van der Waals surface area contributed by atoms with Crippen LogP contribution in [-0.4, -0.2) is 35.6 Å². The van der Waals surface area contributed by atoms with Crippen LogP contribution in [0.5, 0.6) is 0 Å². The highest BCUT2D eigenvalue weighted by Gasteiger charge is 2.26. The van der Waals surface area contributed by atoms with Gasteiger partial charge in [-0.15, -0.1) is 0 Å². The van der Waals surface area contributed by atoms with Crippen molar-refractivity contribution < 1.29 is 9.90 Å². The lowest BCUT2D eigenvalue weighted by molar-refractivity contribution is -0.126. The van der Waals surface area contributed by atoms with Crippen molar-refractivity contribution in [3.05, 3.63) is 40.4 Å². The SMILES string of the molecule is C/C(=C/c1cccc(Cl)c1)C(=O)N1CCC(CO)C1. The summed E-state index contributed by atoms with van der Waals surface area (Å²) in [5, 5.41) is 9.77. The minimum atomic E-state index is 0.0379. The Labute approximate surface area is 118 Å².